The molecule has 1 amide bonds. The van der Waals surface area contributed by atoms with Gasteiger partial charge in [0.15, 0.2) is 5.65 Å². The summed E-state index contributed by atoms with van der Waals surface area (Å²) in [5, 5.41) is 12.3. The molecule has 0 aliphatic heterocycles. The van der Waals surface area contributed by atoms with Crippen LogP contribution < -0.4 is 10.1 Å². The monoisotopic (exact) mass is 383 g/mol. The lowest BCUT2D eigenvalue weighted by molar-refractivity contribution is -0.113. The van der Waals surface area contributed by atoms with Crippen molar-refractivity contribution < 1.29 is 13.9 Å². The molecular formula is C18H14FN5O2S. The first-order chi connectivity index (χ1) is 13.1. The fourth-order valence-electron chi connectivity index (χ4n) is 2.58. The summed E-state index contributed by atoms with van der Waals surface area (Å²) in [6, 6.07) is 11.2. The van der Waals surface area contributed by atoms with E-state index in [-0.39, 0.29) is 17.5 Å². The van der Waals surface area contributed by atoms with E-state index in [2.05, 4.69) is 25.5 Å². The topological polar surface area (TPSA) is 92.8 Å². The minimum Gasteiger partial charge on any atom is -0.497 e. The van der Waals surface area contributed by atoms with Crippen molar-refractivity contribution in [2.75, 3.05) is 18.2 Å². The highest BCUT2D eigenvalue weighted by Gasteiger charge is 2.12. The third-order valence-electron chi connectivity index (χ3n) is 3.86. The molecule has 2 heterocycles. The lowest BCUT2D eigenvalue weighted by Crippen LogP contribution is -2.14. The van der Waals surface area contributed by atoms with Crippen molar-refractivity contribution in [1.82, 2.24) is 20.2 Å². The normalized spacial score (nSPS) is 11.0. The molecule has 136 valence electrons. The van der Waals surface area contributed by atoms with E-state index >= 15 is 0 Å². The van der Waals surface area contributed by atoms with Crippen LogP contribution in [0.1, 0.15) is 0 Å². The predicted molar refractivity (Wildman–Crippen MR) is 101 cm³/mol. The lowest BCUT2D eigenvalue weighted by Gasteiger charge is -2.04. The number of halogens is 1. The van der Waals surface area contributed by atoms with Crippen molar-refractivity contribution in [1.29, 1.82) is 0 Å². The van der Waals surface area contributed by atoms with Crippen molar-refractivity contribution in [3.8, 4) is 5.75 Å². The standard InChI is InChI=1S/C18H14FN5O2S/c1-26-12-6-7-14-13(8-12)16-17(21-14)22-18(24-23-16)27-9-15(25)20-11-4-2-10(19)3-5-11/h2-8H,9H2,1H3,(H,20,25)(H,21,22,24). The van der Waals surface area contributed by atoms with Crippen molar-refractivity contribution in [2.24, 2.45) is 0 Å². The predicted octanol–water partition coefficient (Wildman–Crippen LogP) is 3.38. The number of fused-ring (bicyclic) bond motifs is 3. The molecule has 27 heavy (non-hydrogen) atoms. The number of H-pyrrole nitrogens is 1. The number of carbonyl (C=O) groups is 1. The van der Waals surface area contributed by atoms with Gasteiger partial charge in [0, 0.05) is 16.6 Å². The van der Waals surface area contributed by atoms with Crippen LogP contribution in [-0.2, 0) is 4.79 Å². The second-order valence-corrected chi connectivity index (χ2v) is 6.61. The Bertz CT molecular complexity index is 1130. The van der Waals surface area contributed by atoms with E-state index in [1.807, 2.05) is 18.2 Å². The molecule has 0 fully saturated rings. The van der Waals surface area contributed by atoms with Crippen molar-refractivity contribution in [3.05, 3.63) is 48.3 Å². The fraction of sp³-hybridized carbons (Fsp3) is 0.111. The number of carbonyl (C=O) groups excluding carboxylic acids is 1. The first-order valence-corrected chi connectivity index (χ1v) is 8.99. The molecule has 2 aromatic carbocycles. The zero-order valence-corrected chi connectivity index (χ0v) is 15.0. The van der Waals surface area contributed by atoms with Gasteiger partial charge >= 0.3 is 0 Å². The summed E-state index contributed by atoms with van der Waals surface area (Å²) in [6.07, 6.45) is 0. The van der Waals surface area contributed by atoms with Gasteiger partial charge in [0.05, 0.1) is 12.9 Å². The van der Waals surface area contributed by atoms with Crippen LogP contribution in [0.15, 0.2) is 47.6 Å². The van der Waals surface area contributed by atoms with Crippen molar-refractivity contribution in [3.63, 3.8) is 0 Å². The average molecular weight is 383 g/mol. The number of nitrogens with zero attached hydrogens (tertiary/aromatic N) is 3. The van der Waals surface area contributed by atoms with Crippen LogP contribution in [0, 0.1) is 5.82 Å². The zero-order chi connectivity index (χ0) is 18.8. The molecule has 0 unspecified atom stereocenters. The summed E-state index contributed by atoms with van der Waals surface area (Å²) >= 11 is 1.17. The summed E-state index contributed by atoms with van der Waals surface area (Å²) in [5.41, 5.74) is 2.64. The van der Waals surface area contributed by atoms with Gasteiger partial charge < -0.3 is 15.0 Å². The number of nitrogens with one attached hydrogen (secondary N) is 2. The van der Waals surface area contributed by atoms with Crippen LogP contribution in [0.5, 0.6) is 5.75 Å². The van der Waals surface area contributed by atoms with Gasteiger partial charge in [0.2, 0.25) is 11.1 Å². The SMILES string of the molecule is COc1ccc2[nH]c3nc(SCC(=O)Nc4ccc(F)cc4)nnc3c2c1. The molecule has 0 radical (unpaired) electrons. The van der Waals surface area contributed by atoms with Gasteiger partial charge in [-0.15, -0.1) is 10.2 Å². The summed E-state index contributed by atoms with van der Waals surface area (Å²) in [5.74, 6) is 0.238. The highest BCUT2D eigenvalue weighted by molar-refractivity contribution is 7.99. The van der Waals surface area contributed by atoms with Crippen LogP contribution in [0.2, 0.25) is 0 Å². The molecule has 0 spiro atoms. The van der Waals surface area contributed by atoms with E-state index < -0.39 is 0 Å². The van der Waals surface area contributed by atoms with Crippen LogP contribution >= 0.6 is 11.8 Å². The van der Waals surface area contributed by atoms with Crippen LogP contribution in [0.3, 0.4) is 0 Å². The highest BCUT2D eigenvalue weighted by Crippen LogP contribution is 2.27. The van der Waals surface area contributed by atoms with Gasteiger partial charge in [-0.1, -0.05) is 11.8 Å². The van der Waals surface area contributed by atoms with E-state index in [4.69, 9.17) is 4.74 Å². The molecule has 0 aliphatic carbocycles. The maximum atomic E-state index is 12.9. The Kier molecular flexibility index (Phi) is 4.59. The Morgan fingerprint density at radius 1 is 1.22 bits per heavy atom. The lowest BCUT2D eigenvalue weighted by atomic mass is 10.2. The summed E-state index contributed by atoms with van der Waals surface area (Å²) in [7, 11) is 1.60. The number of benzene rings is 2. The Morgan fingerprint density at radius 3 is 2.81 bits per heavy atom. The van der Waals surface area contributed by atoms with E-state index in [9.17, 15) is 9.18 Å². The second-order valence-electron chi connectivity index (χ2n) is 5.67. The first-order valence-electron chi connectivity index (χ1n) is 8.01. The molecule has 0 atom stereocenters. The van der Waals surface area contributed by atoms with Gasteiger partial charge in [-0.05, 0) is 42.5 Å². The molecule has 0 saturated carbocycles. The summed E-state index contributed by atoms with van der Waals surface area (Å²) in [4.78, 5) is 19.6. The number of amides is 1. The quantitative estimate of drug-likeness (QED) is 0.513. The maximum Gasteiger partial charge on any atom is 0.234 e. The zero-order valence-electron chi connectivity index (χ0n) is 14.2. The fourth-order valence-corrected chi connectivity index (χ4v) is 3.17. The Labute approximate surface area is 157 Å². The molecule has 9 heteroatoms. The number of aromatic amines is 1. The van der Waals surface area contributed by atoms with Crippen LogP contribution in [-0.4, -0.2) is 38.9 Å². The van der Waals surface area contributed by atoms with Crippen LogP contribution in [0.4, 0.5) is 10.1 Å². The third kappa shape index (κ3) is 3.68. The van der Waals surface area contributed by atoms with Gasteiger partial charge in [0.1, 0.15) is 17.1 Å². The molecule has 4 aromatic rings. The summed E-state index contributed by atoms with van der Waals surface area (Å²) < 4.78 is 18.1. The number of methoxy groups -OCH3 is 1. The van der Waals surface area contributed by atoms with Crippen molar-refractivity contribution >= 4 is 45.4 Å². The Morgan fingerprint density at radius 2 is 2.04 bits per heavy atom. The maximum absolute atomic E-state index is 12.9. The molecular weight excluding hydrogens is 369 g/mol. The molecule has 4 rings (SSSR count). The van der Waals surface area contributed by atoms with Crippen LogP contribution in [0.25, 0.3) is 22.1 Å². The van der Waals surface area contributed by atoms with Gasteiger partial charge in [-0.3, -0.25) is 4.79 Å². The van der Waals surface area contributed by atoms with Gasteiger partial charge in [0.25, 0.3) is 0 Å². The van der Waals surface area contributed by atoms with E-state index in [1.54, 1.807) is 7.11 Å². The number of hydrogen-bond acceptors (Lipinski definition) is 6. The average Bonchev–Trinajstić information content (AvgIpc) is 3.05. The van der Waals surface area contributed by atoms with E-state index in [0.29, 0.717) is 22.0 Å². The second kappa shape index (κ2) is 7.20. The number of thioether (sulfide) groups is 1. The number of rotatable bonds is 5. The number of ether oxygens (including phenoxy) is 1. The van der Waals surface area contributed by atoms with Gasteiger partial charge in [-0.2, -0.15) is 0 Å². The molecule has 0 aliphatic rings. The highest BCUT2D eigenvalue weighted by atomic mass is 32.2. The molecule has 2 N–H and O–H groups in total. The number of anilines is 1. The first kappa shape index (κ1) is 17.2. The number of aromatic nitrogens is 4. The third-order valence-corrected chi connectivity index (χ3v) is 4.70. The van der Waals surface area contributed by atoms with E-state index in [1.165, 1.54) is 36.0 Å². The molecule has 0 bridgehead atoms. The molecule has 7 nitrogen and oxygen atoms in total. The number of hydrogen-bond donors (Lipinski definition) is 2. The minimum atomic E-state index is -0.355. The van der Waals surface area contributed by atoms with Crippen molar-refractivity contribution in [2.45, 2.75) is 5.16 Å². The largest absolute Gasteiger partial charge is 0.497 e. The van der Waals surface area contributed by atoms with Gasteiger partial charge in [-0.25, -0.2) is 9.37 Å². The summed E-state index contributed by atoms with van der Waals surface area (Å²) in [6.45, 7) is 0. The Hall–Kier alpha value is -3.20. The smallest absolute Gasteiger partial charge is 0.234 e. The van der Waals surface area contributed by atoms with E-state index in [0.717, 1.165) is 16.7 Å². The Balaban J connectivity index is 1.48. The molecule has 2 aromatic heterocycles. The molecule has 0 saturated heterocycles. The minimum absolute atomic E-state index is 0.110.